The van der Waals surface area contributed by atoms with Crippen LogP contribution in [0.2, 0.25) is 0 Å². The first-order chi connectivity index (χ1) is 13.4. The summed E-state index contributed by atoms with van der Waals surface area (Å²) in [6.07, 6.45) is 0. The standard InChI is InChI=1S/C19H13N3O5S/c1-27-19(24)16-15(20)14-12-4-2-3-5-13(12)17(23)21(18(14)28-16)10-6-8-11(9-7-10)22(25)26/h2-9H,20H2,1H3. The molecule has 4 aromatic rings. The number of pyridine rings is 1. The van der Waals surface area contributed by atoms with Gasteiger partial charge < -0.3 is 10.5 Å². The molecular formula is C19H13N3O5S. The number of nitro benzene ring substituents is 1. The van der Waals surface area contributed by atoms with E-state index in [4.69, 9.17) is 10.5 Å². The molecule has 0 amide bonds. The van der Waals surface area contributed by atoms with E-state index in [-0.39, 0.29) is 21.8 Å². The lowest BCUT2D eigenvalue weighted by atomic mass is 10.1. The predicted octanol–water partition coefficient (Wildman–Crippen LogP) is 3.48. The van der Waals surface area contributed by atoms with Gasteiger partial charge in [0.05, 0.1) is 23.4 Å². The van der Waals surface area contributed by atoms with Gasteiger partial charge in [0.15, 0.2) is 0 Å². The molecule has 2 N–H and O–H groups in total. The Labute approximate surface area is 161 Å². The number of carbonyl (C=O) groups excluding carboxylic acids is 1. The third-order valence-electron chi connectivity index (χ3n) is 4.45. The number of nitrogens with zero attached hydrogens (tertiary/aromatic N) is 2. The highest BCUT2D eigenvalue weighted by Gasteiger charge is 2.23. The Bertz CT molecular complexity index is 1320. The van der Waals surface area contributed by atoms with Crippen LogP contribution in [0.1, 0.15) is 9.67 Å². The van der Waals surface area contributed by atoms with Crippen molar-refractivity contribution in [3.63, 3.8) is 0 Å². The van der Waals surface area contributed by atoms with E-state index >= 15 is 0 Å². The number of fused-ring (bicyclic) bond motifs is 3. The molecule has 0 saturated carbocycles. The normalized spacial score (nSPS) is 11.0. The van der Waals surface area contributed by atoms with E-state index in [1.807, 2.05) is 0 Å². The molecule has 0 radical (unpaired) electrons. The number of esters is 1. The Hall–Kier alpha value is -3.72. The van der Waals surface area contributed by atoms with Crippen LogP contribution < -0.4 is 11.3 Å². The lowest BCUT2D eigenvalue weighted by molar-refractivity contribution is -0.384. The summed E-state index contributed by atoms with van der Waals surface area (Å²) in [4.78, 5) is 36.4. The number of nitro groups is 1. The van der Waals surface area contributed by atoms with Crippen molar-refractivity contribution in [3.05, 3.63) is 73.9 Å². The first kappa shape index (κ1) is 17.7. The van der Waals surface area contributed by atoms with Gasteiger partial charge in [0.1, 0.15) is 9.71 Å². The summed E-state index contributed by atoms with van der Waals surface area (Å²) >= 11 is 1.05. The lowest BCUT2D eigenvalue weighted by Gasteiger charge is -2.10. The minimum absolute atomic E-state index is 0.0882. The van der Waals surface area contributed by atoms with Gasteiger partial charge in [-0.3, -0.25) is 19.5 Å². The second-order valence-corrected chi connectivity index (χ2v) is 6.98. The van der Waals surface area contributed by atoms with Crippen LogP contribution in [0.3, 0.4) is 0 Å². The summed E-state index contributed by atoms with van der Waals surface area (Å²) < 4.78 is 6.22. The van der Waals surface area contributed by atoms with Gasteiger partial charge in [-0.15, -0.1) is 11.3 Å². The molecule has 0 unspecified atom stereocenters. The molecule has 0 atom stereocenters. The fourth-order valence-corrected chi connectivity index (χ4v) is 4.33. The maximum atomic E-state index is 13.2. The topological polar surface area (TPSA) is 117 Å². The molecule has 0 saturated heterocycles. The van der Waals surface area contributed by atoms with Gasteiger partial charge in [-0.2, -0.15) is 0 Å². The SMILES string of the molecule is COC(=O)c1sc2c(c1N)c1ccccc1c(=O)n2-c1ccc([N+](=O)[O-])cc1. The minimum atomic E-state index is -0.592. The van der Waals surface area contributed by atoms with Gasteiger partial charge in [0.25, 0.3) is 11.2 Å². The highest BCUT2D eigenvalue weighted by Crippen LogP contribution is 2.38. The molecule has 28 heavy (non-hydrogen) atoms. The molecular weight excluding hydrogens is 382 g/mol. The van der Waals surface area contributed by atoms with Crippen molar-refractivity contribution >= 4 is 49.7 Å². The van der Waals surface area contributed by atoms with Crippen molar-refractivity contribution < 1.29 is 14.5 Å². The van der Waals surface area contributed by atoms with Crippen LogP contribution in [-0.4, -0.2) is 22.6 Å². The molecule has 8 nitrogen and oxygen atoms in total. The Morgan fingerprint density at radius 1 is 1.14 bits per heavy atom. The van der Waals surface area contributed by atoms with E-state index in [0.717, 1.165) is 11.3 Å². The van der Waals surface area contributed by atoms with Gasteiger partial charge in [-0.05, 0) is 23.6 Å². The van der Waals surface area contributed by atoms with E-state index in [1.165, 1.54) is 35.9 Å². The van der Waals surface area contributed by atoms with Crippen LogP contribution in [0.15, 0.2) is 53.3 Å². The molecule has 0 aliphatic rings. The van der Waals surface area contributed by atoms with E-state index in [2.05, 4.69) is 0 Å². The van der Waals surface area contributed by atoms with Crippen molar-refractivity contribution in [1.29, 1.82) is 0 Å². The largest absolute Gasteiger partial charge is 0.465 e. The van der Waals surface area contributed by atoms with Crippen molar-refractivity contribution in [3.8, 4) is 5.69 Å². The van der Waals surface area contributed by atoms with E-state index in [1.54, 1.807) is 24.3 Å². The average Bonchev–Trinajstić information content (AvgIpc) is 3.05. The zero-order valence-corrected chi connectivity index (χ0v) is 15.4. The number of non-ortho nitro benzene ring substituents is 1. The Balaban J connectivity index is 2.15. The first-order valence-corrected chi connectivity index (χ1v) is 8.94. The number of anilines is 1. The van der Waals surface area contributed by atoms with Crippen molar-refractivity contribution in [2.45, 2.75) is 0 Å². The van der Waals surface area contributed by atoms with Gasteiger partial charge in [-0.25, -0.2) is 4.79 Å². The van der Waals surface area contributed by atoms with E-state index in [0.29, 0.717) is 26.7 Å². The highest BCUT2D eigenvalue weighted by atomic mass is 32.1. The van der Waals surface area contributed by atoms with E-state index in [9.17, 15) is 19.7 Å². The minimum Gasteiger partial charge on any atom is -0.465 e. The van der Waals surface area contributed by atoms with Gasteiger partial charge >= 0.3 is 5.97 Å². The first-order valence-electron chi connectivity index (χ1n) is 8.13. The number of carbonyl (C=O) groups is 1. The molecule has 0 aliphatic carbocycles. The van der Waals surface area contributed by atoms with Crippen molar-refractivity contribution in [2.24, 2.45) is 0 Å². The summed E-state index contributed by atoms with van der Waals surface area (Å²) in [5.74, 6) is -0.592. The third kappa shape index (κ3) is 2.52. The molecule has 9 heteroatoms. The smallest absolute Gasteiger partial charge is 0.350 e. The number of thiophene rings is 1. The second-order valence-electron chi connectivity index (χ2n) is 5.98. The molecule has 0 aliphatic heterocycles. The Kier molecular flexibility index (Phi) is 4.08. The fourth-order valence-electron chi connectivity index (χ4n) is 3.15. The molecule has 2 aromatic heterocycles. The number of aromatic nitrogens is 1. The highest BCUT2D eigenvalue weighted by molar-refractivity contribution is 7.21. The third-order valence-corrected chi connectivity index (χ3v) is 5.62. The number of hydrogen-bond donors (Lipinski definition) is 1. The Morgan fingerprint density at radius 3 is 2.39 bits per heavy atom. The zero-order chi connectivity index (χ0) is 20.0. The monoisotopic (exact) mass is 395 g/mol. The van der Waals surface area contributed by atoms with Gasteiger partial charge in [-0.1, -0.05) is 18.2 Å². The maximum Gasteiger partial charge on any atom is 0.350 e. The number of nitrogens with two attached hydrogens (primary N) is 1. The van der Waals surface area contributed by atoms with Crippen molar-refractivity contribution in [2.75, 3.05) is 12.8 Å². The quantitative estimate of drug-likeness (QED) is 0.322. The number of nitrogen functional groups attached to an aromatic ring is 1. The molecule has 2 heterocycles. The summed E-state index contributed by atoms with van der Waals surface area (Å²) in [6.45, 7) is 0. The van der Waals surface area contributed by atoms with Gasteiger partial charge in [0, 0.05) is 22.9 Å². The molecule has 0 bridgehead atoms. The number of methoxy groups -OCH3 is 1. The maximum absolute atomic E-state index is 13.2. The molecule has 0 spiro atoms. The summed E-state index contributed by atoms with van der Waals surface area (Å²) in [6, 6.07) is 12.6. The molecule has 4 rings (SSSR count). The van der Waals surface area contributed by atoms with Gasteiger partial charge in [0.2, 0.25) is 0 Å². The van der Waals surface area contributed by atoms with Crippen LogP contribution in [0.4, 0.5) is 11.4 Å². The summed E-state index contributed by atoms with van der Waals surface area (Å²) in [5.41, 5.74) is 6.52. The van der Waals surface area contributed by atoms with Crippen LogP contribution in [0, 0.1) is 10.1 Å². The number of rotatable bonds is 3. The van der Waals surface area contributed by atoms with Crippen molar-refractivity contribution in [1.82, 2.24) is 4.57 Å². The Morgan fingerprint density at radius 2 is 1.79 bits per heavy atom. The predicted molar refractivity (Wildman–Crippen MR) is 107 cm³/mol. The second kappa shape index (κ2) is 6.46. The van der Waals surface area contributed by atoms with E-state index < -0.39 is 10.9 Å². The molecule has 2 aromatic carbocycles. The average molecular weight is 395 g/mol. The summed E-state index contributed by atoms with van der Waals surface area (Å²) in [7, 11) is 1.26. The zero-order valence-electron chi connectivity index (χ0n) is 14.5. The number of hydrogen-bond acceptors (Lipinski definition) is 7. The number of benzene rings is 2. The lowest BCUT2D eigenvalue weighted by Crippen LogP contribution is -2.18. The number of ether oxygens (including phenoxy) is 1. The summed E-state index contributed by atoms with van der Waals surface area (Å²) in [5, 5.41) is 12.6. The van der Waals surface area contributed by atoms with Crippen LogP contribution in [0.5, 0.6) is 0 Å². The molecule has 140 valence electrons. The fraction of sp³-hybridized carbons (Fsp3) is 0.0526. The molecule has 0 fully saturated rings. The van der Waals surface area contributed by atoms with Crippen LogP contribution >= 0.6 is 11.3 Å². The van der Waals surface area contributed by atoms with Crippen LogP contribution in [-0.2, 0) is 4.74 Å². The van der Waals surface area contributed by atoms with Crippen LogP contribution in [0.25, 0.3) is 26.7 Å².